The van der Waals surface area contributed by atoms with Crippen molar-refractivity contribution in [1.29, 1.82) is 0 Å². The van der Waals surface area contributed by atoms with Gasteiger partial charge < -0.3 is 10.5 Å². The fourth-order valence-corrected chi connectivity index (χ4v) is 3.07. The molecule has 0 spiro atoms. The number of benzene rings is 1. The zero-order valence-electron chi connectivity index (χ0n) is 13.2. The van der Waals surface area contributed by atoms with E-state index in [-0.39, 0.29) is 6.04 Å². The van der Waals surface area contributed by atoms with Gasteiger partial charge in [0.25, 0.3) is 0 Å². The van der Waals surface area contributed by atoms with Crippen molar-refractivity contribution in [3.05, 3.63) is 28.2 Å². The standard InChI is InChI=1S/C16H27BrN2O/c1-11(2)19(12(3)4)8-9-20-14-6-7-15(13(5)18)16(17)10-14/h6-7,10-13H,8-9,18H2,1-5H3. The number of nitrogens with two attached hydrogens (primary N) is 1. The minimum atomic E-state index is 0.0239. The van der Waals surface area contributed by atoms with E-state index in [2.05, 4.69) is 48.5 Å². The summed E-state index contributed by atoms with van der Waals surface area (Å²) >= 11 is 3.54. The zero-order valence-corrected chi connectivity index (χ0v) is 14.8. The highest BCUT2D eigenvalue weighted by Gasteiger charge is 2.13. The monoisotopic (exact) mass is 342 g/mol. The van der Waals surface area contributed by atoms with Crippen molar-refractivity contribution in [2.24, 2.45) is 5.73 Å². The summed E-state index contributed by atoms with van der Waals surface area (Å²) in [5.41, 5.74) is 6.99. The third-order valence-corrected chi connectivity index (χ3v) is 4.09. The molecule has 0 heterocycles. The molecular weight excluding hydrogens is 316 g/mol. The lowest BCUT2D eigenvalue weighted by Crippen LogP contribution is -2.39. The highest BCUT2D eigenvalue weighted by atomic mass is 79.9. The molecule has 1 unspecified atom stereocenters. The number of hydrogen-bond acceptors (Lipinski definition) is 3. The van der Waals surface area contributed by atoms with Crippen LogP contribution in [0.1, 0.15) is 46.2 Å². The average Bonchev–Trinajstić information content (AvgIpc) is 2.33. The molecule has 3 nitrogen and oxygen atoms in total. The summed E-state index contributed by atoms with van der Waals surface area (Å²) in [5.74, 6) is 0.883. The van der Waals surface area contributed by atoms with Gasteiger partial charge in [0, 0.05) is 29.1 Å². The maximum absolute atomic E-state index is 5.89. The summed E-state index contributed by atoms with van der Waals surface area (Å²) in [6.07, 6.45) is 0. The van der Waals surface area contributed by atoms with Crippen molar-refractivity contribution < 1.29 is 4.74 Å². The Morgan fingerprint density at radius 3 is 2.20 bits per heavy atom. The third kappa shape index (κ3) is 5.08. The van der Waals surface area contributed by atoms with Crippen LogP contribution in [0.4, 0.5) is 0 Å². The molecule has 20 heavy (non-hydrogen) atoms. The summed E-state index contributed by atoms with van der Waals surface area (Å²) in [6, 6.07) is 7.09. The second-order valence-corrected chi connectivity index (χ2v) is 6.60. The SMILES string of the molecule is CC(N)c1ccc(OCCN(C(C)C)C(C)C)cc1Br. The van der Waals surface area contributed by atoms with Crippen molar-refractivity contribution in [3.63, 3.8) is 0 Å². The van der Waals surface area contributed by atoms with Crippen LogP contribution in [0, 0.1) is 0 Å². The van der Waals surface area contributed by atoms with Crippen LogP contribution in [0.5, 0.6) is 5.75 Å². The van der Waals surface area contributed by atoms with E-state index in [4.69, 9.17) is 10.5 Å². The minimum absolute atomic E-state index is 0.0239. The number of rotatable bonds is 7. The van der Waals surface area contributed by atoms with E-state index >= 15 is 0 Å². The van der Waals surface area contributed by atoms with Crippen LogP contribution >= 0.6 is 15.9 Å². The van der Waals surface area contributed by atoms with Gasteiger partial charge in [-0.1, -0.05) is 22.0 Å². The first kappa shape index (κ1) is 17.5. The first-order chi connectivity index (χ1) is 9.32. The Labute approximate surface area is 131 Å². The van der Waals surface area contributed by atoms with Gasteiger partial charge in [-0.2, -0.15) is 0 Å². The summed E-state index contributed by atoms with van der Waals surface area (Å²) in [5, 5.41) is 0. The largest absolute Gasteiger partial charge is 0.492 e. The quantitative estimate of drug-likeness (QED) is 0.814. The number of hydrogen-bond donors (Lipinski definition) is 1. The fraction of sp³-hybridized carbons (Fsp3) is 0.625. The highest BCUT2D eigenvalue weighted by molar-refractivity contribution is 9.10. The van der Waals surface area contributed by atoms with E-state index < -0.39 is 0 Å². The molecule has 0 bridgehead atoms. The van der Waals surface area contributed by atoms with Crippen molar-refractivity contribution >= 4 is 15.9 Å². The van der Waals surface area contributed by atoms with E-state index in [9.17, 15) is 0 Å². The molecule has 2 N–H and O–H groups in total. The van der Waals surface area contributed by atoms with Crippen molar-refractivity contribution in [2.75, 3.05) is 13.2 Å². The molecule has 4 heteroatoms. The first-order valence-electron chi connectivity index (χ1n) is 7.26. The van der Waals surface area contributed by atoms with Crippen LogP contribution in [0.3, 0.4) is 0 Å². The lowest BCUT2D eigenvalue weighted by atomic mass is 10.1. The van der Waals surface area contributed by atoms with Crippen molar-refractivity contribution in [3.8, 4) is 5.75 Å². The van der Waals surface area contributed by atoms with E-state index in [1.807, 2.05) is 25.1 Å². The molecule has 1 atom stereocenters. The molecule has 0 aliphatic carbocycles. The van der Waals surface area contributed by atoms with Gasteiger partial charge in [-0.25, -0.2) is 0 Å². The second kappa shape index (κ2) is 8.01. The van der Waals surface area contributed by atoms with Crippen LogP contribution in [-0.2, 0) is 0 Å². The normalized spacial score (nSPS) is 13.3. The Hall–Kier alpha value is -0.580. The fourth-order valence-electron chi connectivity index (χ4n) is 2.35. The Bertz CT molecular complexity index is 411. The first-order valence-corrected chi connectivity index (χ1v) is 8.05. The number of ether oxygens (including phenoxy) is 1. The maximum atomic E-state index is 5.89. The minimum Gasteiger partial charge on any atom is -0.492 e. The van der Waals surface area contributed by atoms with Crippen LogP contribution < -0.4 is 10.5 Å². The van der Waals surface area contributed by atoms with Crippen LogP contribution in [0.2, 0.25) is 0 Å². The van der Waals surface area contributed by atoms with Gasteiger partial charge in [-0.15, -0.1) is 0 Å². The molecule has 0 amide bonds. The zero-order chi connectivity index (χ0) is 15.3. The van der Waals surface area contributed by atoms with E-state index in [0.29, 0.717) is 18.7 Å². The number of nitrogens with zero attached hydrogens (tertiary/aromatic N) is 1. The van der Waals surface area contributed by atoms with E-state index in [1.165, 1.54) is 0 Å². The van der Waals surface area contributed by atoms with Crippen LogP contribution in [-0.4, -0.2) is 30.1 Å². The summed E-state index contributed by atoms with van der Waals surface area (Å²) in [7, 11) is 0. The molecule has 114 valence electrons. The molecule has 1 rings (SSSR count). The lowest BCUT2D eigenvalue weighted by Gasteiger charge is -2.30. The molecule has 0 saturated carbocycles. The Morgan fingerprint density at radius 1 is 1.15 bits per heavy atom. The van der Waals surface area contributed by atoms with Gasteiger partial charge in [-0.05, 0) is 52.3 Å². The second-order valence-electron chi connectivity index (χ2n) is 5.75. The van der Waals surface area contributed by atoms with Gasteiger partial charge in [-0.3, -0.25) is 4.90 Å². The van der Waals surface area contributed by atoms with Gasteiger partial charge in [0.15, 0.2) is 0 Å². The third-order valence-electron chi connectivity index (χ3n) is 3.41. The van der Waals surface area contributed by atoms with Gasteiger partial charge >= 0.3 is 0 Å². The van der Waals surface area contributed by atoms with Crippen LogP contribution in [0.25, 0.3) is 0 Å². The average molecular weight is 343 g/mol. The summed E-state index contributed by atoms with van der Waals surface area (Å²) < 4.78 is 6.85. The molecule has 0 saturated heterocycles. The topological polar surface area (TPSA) is 38.5 Å². The predicted octanol–water partition coefficient (Wildman–Crippen LogP) is 3.97. The molecule has 0 aliphatic rings. The Kier molecular flexibility index (Phi) is 7.00. The summed E-state index contributed by atoms with van der Waals surface area (Å²) in [6.45, 7) is 12.5. The predicted molar refractivity (Wildman–Crippen MR) is 89.2 cm³/mol. The molecule has 1 aromatic carbocycles. The maximum Gasteiger partial charge on any atom is 0.120 e. The Morgan fingerprint density at radius 2 is 1.75 bits per heavy atom. The van der Waals surface area contributed by atoms with Crippen molar-refractivity contribution in [1.82, 2.24) is 4.90 Å². The molecule has 1 aromatic rings. The smallest absolute Gasteiger partial charge is 0.120 e. The van der Waals surface area contributed by atoms with Gasteiger partial charge in [0.1, 0.15) is 12.4 Å². The van der Waals surface area contributed by atoms with E-state index in [1.54, 1.807) is 0 Å². The molecular formula is C16H27BrN2O. The van der Waals surface area contributed by atoms with Gasteiger partial charge in [0.2, 0.25) is 0 Å². The molecule has 0 fully saturated rings. The lowest BCUT2D eigenvalue weighted by molar-refractivity contribution is 0.142. The summed E-state index contributed by atoms with van der Waals surface area (Å²) in [4.78, 5) is 2.42. The van der Waals surface area contributed by atoms with Crippen LogP contribution in [0.15, 0.2) is 22.7 Å². The van der Waals surface area contributed by atoms with Crippen molar-refractivity contribution in [2.45, 2.75) is 52.7 Å². The molecule has 0 radical (unpaired) electrons. The highest BCUT2D eigenvalue weighted by Crippen LogP contribution is 2.26. The molecule has 0 aromatic heterocycles. The molecule has 0 aliphatic heterocycles. The number of halogens is 1. The van der Waals surface area contributed by atoms with E-state index in [0.717, 1.165) is 22.3 Å². The Balaban J connectivity index is 2.56. The van der Waals surface area contributed by atoms with Gasteiger partial charge in [0.05, 0.1) is 0 Å².